The number of carbonyl (C=O) groups is 1. The topological polar surface area (TPSA) is 64.0 Å². The lowest BCUT2D eigenvalue weighted by Gasteiger charge is -2.07. The molecule has 8 heteroatoms. The summed E-state index contributed by atoms with van der Waals surface area (Å²) in [6.07, 6.45) is 1.82. The van der Waals surface area contributed by atoms with Gasteiger partial charge in [0, 0.05) is 10.9 Å². The Hall–Kier alpha value is -3.39. The fourth-order valence-electron chi connectivity index (χ4n) is 3.20. The highest BCUT2D eigenvalue weighted by atomic mass is 32.1. The molecule has 0 radical (unpaired) electrons. The van der Waals surface area contributed by atoms with Crippen LogP contribution in [0.2, 0.25) is 0 Å². The Morgan fingerprint density at radius 2 is 1.93 bits per heavy atom. The first-order valence-electron chi connectivity index (χ1n) is 9.12. The summed E-state index contributed by atoms with van der Waals surface area (Å²) in [4.78, 5) is 17.6. The molecular formula is C21H16BN3O3S. The van der Waals surface area contributed by atoms with Crippen LogP contribution >= 0.6 is 11.3 Å². The summed E-state index contributed by atoms with van der Waals surface area (Å²) in [7, 11) is 2.05. The number of hydrazone groups is 1. The molecule has 142 valence electrons. The quantitative estimate of drug-likeness (QED) is 0.500. The van der Waals surface area contributed by atoms with Crippen molar-refractivity contribution in [2.75, 3.05) is 11.8 Å². The largest absolute Gasteiger partial charge is 0.454 e. The van der Waals surface area contributed by atoms with Crippen LogP contribution in [0.25, 0.3) is 17.3 Å². The van der Waals surface area contributed by atoms with Crippen LogP contribution in [0.4, 0.5) is 5.13 Å². The summed E-state index contributed by atoms with van der Waals surface area (Å²) < 4.78 is 10.8. The van der Waals surface area contributed by atoms with Crippen LogP contribution in [0.3, 0.4) is 0 Å². The normalized spacial score (nSPS) is 16.6. The summed E-state index contributed by atoms with van der Waals surface area (Å²) in [6.45, 7) is 2.04. The first-order chi connectivity index (χ1) is 14.1. The minimum absolute atomic E-state index is 0.190. The van der Waals surface area contributed by atoms with Gasteiger partial charge in [-0.2, -0.15) is 10.1 Å². The predicted molar refractivity (Wildman–Crippen MR) is 117 cm³/mol. The number of benzene rings is 2. The Balaban J connectivity index is 1.42. The SMILES string of the molecule is Bc1ccc(-c2csc(N3N=C(C)/C(=C/c4ccc5c(c4)OCO5)C3=O)n2)cc1. The zero-order chi connectivity index (χ0) is 20.0. The maximum atomic E-state index is 13.0. The van der Waals surface area contributed by atoms with E-state index >= 15 is 0 Å². The molecule has 0 unspecified atom stereocenters. The lowest BCUT2D eigenvalue weighted by molar-refractivity contribution is -0.114. The molecule has 0 fully saturated rings. The minimum atomic E-state index is -0.190. The summed E-state index contributed by atoms with van der Waals surface area (Å²) in [6, 6.07) is 13.7. The summed E-state index contributed by atoms with van der Waals surface area (Å²) in [5.74, 6) is 1.20. The molecule has 3 aromatic rings. The van der Waals surface area contributed by atoms with Crippen LogP contribution in [0.15, 0.2) is 58.5 Å². The van der Waals surface area contributed by atoms with Gasteiger partial charge < -0.3 is 9.47 Å². The second-order valence-corrected chi connectivity index (χ2v) is 7.69. The van der Waals surface area contributed by atoms with Crippen LogP contribution in [0.1, 0.15) is 12.5 Å². The smallest absolute Gasteiger partial charge is 0.282 e. The Morgan fingerprint density at radius 3 is 2.76 bits per heavy atom. The van der Waals surface area contributed by atoms with Crippen molar-refractivity contribution in [2.45, 2.75) is 6.92 Å². The van der Waals surface area contributed by atoms with E-state index in [1.165, 1.54) is 21.8 Å². The van der Waals surface area contributed by atoms with Gasteiger partial charge in [-0.1, -0.05) is 35.8 Å². The zero-order valence-corrected chi connectivity index (χ0v) is 16.7. The number of rotatable bonds is 3. The van der Waals surface area contributed by atoms with Gasteiger partial charge in [0.25, 0.3) is 5.91 Å². The molecule has 1 aromatic heterocycles. The zero-order valence-electron chi connectivity index (χ0n) is 15.9. The number of nitrogens with zero attached hydrogens (tertiary/aromatic N) is 3. The van der Waals surface area contributed by atoms with Crippen LogP contribution in [-0.2, 0) is 4.79 Å². The van der Waals surface area contributed by atoms with Gasteiger partial charge >= 0.3 is 0 Å². The molecule has 0 spiro atoms. The number of ether oxygens (including phenoxy) is 2. The first kappa shape index (κ1) is 17.7. The number of anilines is 1. The van der Waals surface area contributed by atoms with Gasteiger partial charge in [0.05, 0.1) is 17.0 Å². The highest BCUT2D eigenvalue weighted by Gasteiger charge is 2.31. The van der Waals surface area contributed by atoms with E-state index in [1.807, 2.05) is 68.7 Å². The third-order valence-electron chi connectivity index (χ3n) is 4.79. The van der Waals surface area contributed by atoms with E-state index in [0.29, 0.717) is 27.9 Å². The molecule has 0 bridgehead atoms. The summed E-state index contributed by atoms with van der Waals surface area (Å²) in [5.41, 5.74) is 5.09. The fraction of sp³-hybridized carbons (Fsp3) is 0.0952. The van der Waals surface area contributed by atoms with Gasteiger partial charge in [-0.3, -0.25) is 4.79 Å². The molecular weight excluding hydrogens is 385 g/mol. The van der Waals surface area contributed by atoms with Gasteiger partial charge in [0.2, 0.25) is 11.9 Å². The standard InChI is InChI=1S/C21H16BN3O3S/c1-12-16(8-13-2-7-18-19(9-13)28-11-27-18)20(26)25(24-12)21-23-17(10-29-21)14-3-5-15(22)6-4-14/h2-10H,11,22H2,1H3/b16-8-. The summed E-state index contributed by atoms with van der Waals surface area (Å²) >= 11 is 1.40. The second-order valence-electron chi connectivity index (χ2n) is 6.85. The molecule has 0 saturated carbocycles. The average molecular weight is 401 g/mol. The van der Waals surface area contributed by atoms with Crippen molar-refractivity contribution in [2.24, 2.45) is 5.10 Å². The molecule has 2 aliphatic rings. The van der Waals surface area contributed by atoms with Crippen molar-refractivity contribution in [1.82, 2.24) is 4.98 Å². The van der Waals surface area contributed by atoms with Gasteiger partial charge in [-0.05, 0) is 30.7 Å². The molecule has 29 heavy (non-hydrogen) atoms. The highest BCUT2D eigenvalue weighted by Crippen LogP contribution is 2.34. The molecule has 0 N–H and O–H groups in total. The average Bonchev–Trinajstić information content (AvgIpc) is 3.44. The molecule has 6 nitrogen and oxygen atoms in total. The molecule has 1 amide bonds. The van der Waals surface area contributed by atoms with E-state index in [-0.39, 0.29) is 12.7 Å². The minimum Gasteiger partial charge on any atom is -0.454 e. The van der Waals surface area contributed by atoms with E-state index in [0.717, 1.165) is 16.8 Å². The number of hydrogen-bond acceptors (Lipinski definition) is 6. The van der Waals surface area contributed by atoms with Crippen LogP contribution in [0.5, 0.6) is 11.5 Å². The molecule has 2 aromatic carbocycles. The van der Waals surface area contributed by atoms with Crippen LogP contribution < -0.4 is 19.9 Å². The van der Waals surface area contributed by atoms with E-state index in [9.17, 15) is 4.79 Å². The van der Waals surface area contributed by atoms with E-state index in [2.05, 4.69) is 10.1 Å². The van der Waals surface area contributed by atoms with Crippen molar-refractivity contribution in [3.8, 4) is 22.8 Å². The lowest BCUT2D eigenvalue weighted by Crippen LogP contribution is -2.21. The van der Waals surface area contributed by atoms with E-state index in [1.54, 1.807) is 0 Å². The van der Waals surface area contributed by atoms with Gasteiger partial charge in [0.15, 0.2) is 11.5 Å². The third-order valence-corrected chi connectivity index (χ3v) is 5.61. The Bertz CT molecular complexity index is 1180. The maximum Gasteiger partial charge on any atom is 0.282 e. The van der Waals surface area contributed by atoms with Crippen LogP contribution in [-0.4, -0.2) is 31.2 Å². The number of thiazole rings is 1. The van der Waals surface area contributed by atoms with Crippen molar-refractivity contribution in [3.63, 3.8) is 0 Å². The molecule has 0 atom stereocenters. The van der Waals surface area contributed by atoms with Gasteiger partial charge in [-0.25, -0.2) is 4.98 Å². The van der Waals surface area contributed by atoms with Crippen molar-refractivity contribution in [3.05, 3.63) is 59.0 Å². The van der Waals surface area contributed by atoms with Crippen molar-refractivity contribution in [1.29, 1.82) is 0 Å². The molecule has 0 saturated heterocycles. The Kier molecular flexibility index (Phi) is 4.21. The molecule has 5 rings (SSSR count). The number of hydrogen-bond donors (Lipinski definition) is 0. The van der Waals surface area contributed by atoms with Crippen molar-refractivity contribution >= 4 is 47.5 Å². The lowest BCUT2D eigenvalue weighted by atomic mass is 9.95. The van der Waals surface area contributed by atoms with Crippen LogP contribution in [0, 0.1) is 0 Å². The van der Waals surface area contributed by atoms with Gasteiger partial charge in [0.1, 0.15) is 7.85 Å². The highest BCUT2D eigenvalue weighted by molar-refractivity contribution is 7.14. The molecule has 2 aliphatic heterocycles. The fourth-order valence-corrected chi connectivity index (χ4v) is 3.98. The number of amides is 1. The first-order valence-corrected chi connectivity index (χ1v) is 10.0. The second kappa shape index (κ2) is 6.90. The number of aromatic nitrogens is 1. The monoisotopic (exact) mass is 401 g/mol. The Morgan fingerprint density at radius 1 is 1.14 bits per heavy atom. The number of fused-ring (bicyclic) bond motifs is 1. The van der Waals surface area contributed by atoms with Gasteiger partial charge in [-0.15, -0.1) is 11.3 Å². The van der Waals surface area contributed by atoms with E-state index in [4.69, 9.17) is 9.47 Å². The third kappa shape index (κ3) is 3.21. The summed E-state index contributed by atoms with van der Waals surface area (Å²) in [5, 5.41) is 8.30. The number of carbonyl (C=O) groups excluding carboxylic acids is 1. The predicted octanol–water partition coefficient (Wildman–Crippen LogP) is 2.60. The van der Waals surface area contributed by atoms with E-state index < -0.39 is 0 Å². The maximum absolute atomic E-state index is 13.0. The Labute approximate surface area is 172 Å². The van der Waals surface area contributed by atoms with Crippen molar-refractivity contribution < 1.29 is 14.3 Å². The molecule has 3 heterocycles. The molecule has 0 aliphatic carbocycles.